The van der Waals surface area contributed by atoms with Crippen LogP contribution in [0.3, 0.4) is 0 Å². The van der Waals surface area contributed by atoms with Gasteiger partial charge in [-0.2, -0.15) is 0 Å². The average molecular weight is 549 g/mol. The summed E-state index contributed by atoms with van der Waals surface area (Å²) in [7, 11) is 0. The van der Waals surface area contributed by atoms with Gasteiger partial charge >= 0.3 is 51.4 Å². The van der Waals surface area contributed by atoms with Crippen molar-refractivity contribution in [3.8, 4) is 5.69 Å². The Kier molecular flexibility index (Phi) is 16.4. The number of benzene rings is 2. The molecule has 0 aliphatic carbocycles. The summed E-state index contributed by atoms with van der Waals surface area (Å²) in [6.45, 7) is 14.0. The molecule has 1 atom stereocenters. The molecule has 0 bridgehead atoms. The van der Waals surface area contributed by atoms with Crippen molar-refractivity contribution in [3.63, 3.8) is 0 Å². The summed E-state index contributed by atoms with van der Waals surface area (Å²) in [5.41, 5.74) is 5.55. The zero-order chi connectivity index (χ0) is 27.9. The Morgan fingerprint density at radius 1 is 1.00 bits per heavy atom. The van der Waals surface area contributed by atoms with Crippen LogP contribution >= 0.6 is 0 Å². The monoisotopic (exact) mass is 548 g/mol. The Labute approximate surface area is 276 Å². The van der Waals surface area contributed by atoms with Gasteiger partial charge in [0.2, 0.25) is 0 Å². The smallest absolute Gasteiger partial charge is 0.560 e. The van der Waals surface area contributed by atoms with Gasteiger partial charge in [-0.25, -0.2) is 0 Å². The largest absolute Gasteiger partial charge is 1.00 e. The van der Waals surface area contributed by atoms with E-state index in [2.05, 4.69) is 58.0 Å². The molecule has 1 unspecified atom stereocenters. The van der Waals surface area contributed by atoms with Gasteiger partial charge in [-0.3, -0.25) is 9.78 Å². The van der Waals surface area contributed by atoms with Crippen molar-refractivity contribution in [2.24, 2.45) is 4.99 Å². The molecule has 200 valence electrons. The van der Waals surface area contributed by atoms with Gasteiger partial charge in [0, 0.05) is 24.1 Å². The molecular formula is C32H39KN5O-. The molecule has 2 aromatic heterocycles. The second kappa shape index (κ2) is 18.6. The third-order valence-corrected chi connectivity index (χ3v) is 5.37. The van der Waals surface area contributed by atoms with Crippen LogP contribution in [0.2, 0.25) is 0 Å². The summed E-state index contributed by atoms with van der Waals surface area (Å²) in [6, 6.07) is 19.8. The second-order valence-electron chi connectivity index (χ2n) is 8.21. The molecule has 4 rings (SSSR count). The van der Waals surface area contributed by atoms with Gasteiger partial charge in [0.1, 0.15) is 0 Å². The topological polar surface area (TPSA) is 71.3 Å². The van der Waals surface area contributed by atoms with E-state index < -0.39 is 0 Å². The summed E-state index contributed by atoms with van der Waals surface area (Å²) < 4.78 is 2.04. The molecule has 0 saturated carbocycles. The minimum absolute atomic E-state index is 0. The molecule has 6 nitrogen and oxygen atoms in total. The second-order valence-corrected chi connectivity index (χ2v) is 8.21. The Morgan fingerprint density at radius 3 is 2.41 bits per heavy atom. The van der Waals surface area contributed by atoms with E-state index in [0.29, 0.717) is 5.56 Å². The summed E-state index contributed by atoms with van der Waals surface area (Å²) in [4.78, 5) is 21.0. The van der Waals surface area contributed by atoms with Crippen LogP contribution in [0.15, 0.2) is 96.6 Å². The molecule has 1 amide bonds. The van der Waals surface area contributed by atoms with Crippen molar-refractivity contribution < 1.29 is 56.2 Å². The normalized spacial score (nSPS) is 11.3. The molecule has 0 fully saturated rings. The molecule has 0 aliphatic heterocycles. The quantitative estimate of drug-likeness (QED) is 0.208. The van der Waals surface area contributed by atoms with E-state index in [1.165, 1.54) is 5.56 Å². The maximum atomic E-state index is 12.5. The minimum Gasteiger partial charge on any atom is -0.560 e. The van der Waals surface area contributed by atoms with Gasteiger partial charge in [-0.1, -0.05) is 75.9 Å². The number of amides is 1. The van der Waals surface area contributed by atoms with Gasteiger partial charge in [-0.05, 0) is 61.1 Å². The molecule has 0 saturated heterocycles. The third kappa shape index (κ3) is 11.1. The van der Waals surface area contributed by atoms with Crippen molar-refractivity contribution in [1.29, 1.82) is 0 Å². The van der Waals surface area contributed by atoms with E-state index in [0.717, 1.165) is 27.9 Å². The van der Waals surface area contributed by atoms with Gasteiger partial charge in [0.25, 0.3) is 5.91 Å². The minimum atomic E-state index is -0.184. The SMILES string of the molecule is CC.CC.Cc1ccc(-n2ccc(=NC=[C-]NC(C)c3cccc(NC(=O)c4cncc(C)c4)c3)[cH-]2)cc1.[K+]. The summed E-state index contributed by atoms with van der Waals surface area (Å²) >= 11 is 0. The van der Waals surface area contributed by atoms with E-state index in [9.17, 15) is 4.79 Å². The molecule has 2 heterocycles. The Bertz CT molecular complexity index is 1370. The maximum absolute atomic E-state index is 12.5. The summed E-state index contributed by atoms with van der Waals surface area (Å²) in [6.07, 6.45) is 11.9. The number of nitrogens with one attached hydrogen (secondary N) is 2. The van der Waals surface area contributed by atoms with Crippen molar-refractivity contribution >= 4 is 11.6 Å². The fourth-order valence-electron chi connectivity index (χ4n) is 3.46. The number of aryl methyl sites for hydroxylation is 2. The number of hydrogen-bond acceptors (Lipinski definition) is 4. The van der Waals surface area contributed by atoms with Crippen LogP contribution in [0.5, 0.6) is 0 Å². The number of nitrogens with zero attached hydrogens (tertiary/aromatic N) is 3. The van der Waals surface area contributed by atoms with E-state index in [4.69, 9.17) is 0 Å². The standard InChI is InChI=1S/C28H27N5O.2C2H6.K/c1-20-7-9-27(10-8-20)33-14-11-26(19-33)31-13-12-30-22(3)23-5-4-6-25(16-23)32-28(34)24-15-21(2)17-29-18-24;2*1-2;/h4-11,13-19,22,30H,1-3H3,(H,32,34);2*1-2H3;/q-2;;;+1. The molecule has 0 spiro atoms. The number of carbonyl (C=O) groups is 1. The van der Waals surface area contributed by atoms with E-state index in [1.807, 2.05) is 94.9 Å². The van der Waals surface area contributed by atoms with E-state index in [-0.39, 0.29) is 63.3 Å². The van der Waals surface area contributed by atoms with Crippen molar-refractivity contribution in [1.82, 2.24) is 14.9 Å². The van der Waals surface area contributed by atoms with Crippen LogP contribution in [0.1, 0.15) is 67.7 Å². The van der Waals surface area contributed by atoms with Crippen LogP contribution < -0.4 is 67.4 Å². The Hall–Kier alpha value is -2.68. The number of anilines is 1. The fourth-order valence-corrected chi connectivity index (χ4v) is 3.46. The van der Waals surface area contributed by atoms with Crippen molar-refractivity contribution in [2.45, 2.75) is 54.5 Å². The first-order chi connectivity index (χ1) is 18.5. The van der Waals surface area contributed by atoms with Crippen LogP contribution in [0.4, 0.5) is 5.69 Å². The Balaban J connectivity index is 0.00000145. The molecule has 0 aliphatic rings. The predicted octanol–water partition coefficient (Wildman–Crippen LogP) is 4.04. The zero-order valence-corrected chi connectivity index (χ0v) is 27.6. The zero-order valence-electron chi connectivity index (χ0n) is 24.5. The fraction of sp³-hybridized carbons (Fsp3) is 0.250. The third-order valence-electron chi connectivity index (χ3n) is 5.37. The molecular weight excluding hydrogens is 509 g/mol. The summed E-state index contributed by atoms with van der Waals surface area (Å²) in [5.74, 6) is -0.184. The van der Waals surface area contributed by atoms with Crippen molar-refractivity contribution in [2.75, 3.05) is 5.32 Å². The summed E-state index contributed by atoms with van der Waals surface area (Å²) in [5, 5.41) is 6.98. The van der Waals surface area contributed by atoms with E-state index >= 15 is 0 Å². The molecule has 39 heavy (non-hydrogen) atoms. The molecule has 2 aromatic carbocycles. The predicted molar refractivity (Wildman–Crippen MR) is 157 cm³/mol. The molecule has 2 N–H and O–H groups in total. The molecule has 7 heteroatoms. The number of pyridine rings is 1. The van der Waals surface area contributed by atoms with E-state index in [1.54, 1.807) is 18.6 Å². The number of rotatable bonds is 7. The van der Waals surface area contributed by atoms with Gasteiger partial charge in [0.15, 0.2) is 0 Å². The number of aromatic nitrogens is 2. The first kappa shape index (κ1) is 34.3. The van der Waals surface area contributed by atoms with Gasteiger partial charge in [0.05, 0.1) is 5.56 Å². The average Bonchev–Trinajstić information content (AvgIpc) is 3.43. The number of carbonyl (C=O) groups excluding carboxylic acids is 1. The van der Waals surface area contributed by atoms with Crippen molar-refractivity contribution in [3.05, 3.63) is 125 Å². The molecule has 4 aromatic rings. The maximum Gasteiger partial charge on any atom is 1.00 e. The van der Waals surface area contributed by atoms with Gasteiger partial charge in [-0.15, -0.1) is 18.5 Å². The van der Waals surface area contributed by atoms with Crippen LogP contribution in [0, 0.1) is 20.0 Å². The molecule has 0 radical (unpaired) electrons. The number of hydrogen-bond donors (Lipinski definition) is 2. The van der Waals surface area contributed by atoms with Gasteiger partial charge < -0.3 is 26.4 Å². The first-order valence-electron chi connectivity index (χ1n) is 13.1. The van der Waals surface area contributed by atoms with Crippen LogP contribution in [0.25, 0.3) is 5.69 Å². The van der Waals surface area contributed by atoms with Crippen LogP contribution in [-0.2, 0) is 0 Å². The van der Waals surface area contributed by atoms with Crippen LogP contribution in [-0.4, -0.2) is 15.5 Å². The first-order valence-corrected chi connectivity index (χ1v) is 13.1. The Morgan fingerprint density at radius 2 is 1.72 bits per heavy atom.